The van der Waals surface area contributed by atoms with Crippen LogP contribution in [0, 0.1) is 5.92 Å². The van der Waals surface area contributed by atoms with Crippen LogP contribution in [0.3, 0.4) is 0 Å². The van der Waals surface area contributed by atoms with Gasteiger partial charge in [0.2, 0.25) is 5.91 Å². The zero-order chi connectivity index (χ0) is 12.7. The molecule has 0 aliphatic carbocycles. The molecule has 1 amide bonds. The number of rotatable bonds is 2. The van der Waals surface area contributed by atoms with Crippen LogP contribution in [0.2, 0.25) is 0 Å². The first-order valence-electron chi connectivity index (χ1n) is 6.29. The Morgan fingerprint density at radius 1 is 1.44 bits per heavy atom. The molecule has 0 fully saturated rings. The van der Waals surface area contributed by atoms with Crippen molar-refractivity contribution >= 4 is 22.6 Å². The van der Waals surface area contributed by atoms with Gasteiger partial charge in [0.25, 0.3) is 0 Å². The monoisotopic (exact) mass is 244 g/mol. The predicted molar refractivity (Wildman–Crippen MR) is 69.4 cm³/mol. The number of anilines is 1. The predicted octanol–water partition coefficient (Wildman–Crippen LogP) is 1.89. The van der Waals surface area contributed by atoms with Crippen molar-refractivity contribution in [1.82, 2.24) is 15.2 Å². The number of amides is 1. The lowest BCUT2D eigenvalue weighted by molar-refractivity contribution is -0.118. The molecule has 1 aliphatic rings. The molecule has 0 bridgehead atoms. The van der Waals surface area contributed by atoms with Gasteiger partial charge in [0.05, 0.1) is 16.6 Å². The van der Waals surface area contributed by atoms with Crippen molar-refractivity contribution in [3.63, 3.8) is 0 Å². The normalized spacial score (nSPS) is 15.5. The molecular formula is C13H16N4O. The third-order valence-corrected chi connectivity index (χ3v) is 3.21. The van der Waals surface area contributed by atoms with E-state index in [-0.39, 0.29) is 5.91 Å². The molecule has 1 N–H and O–H groups in total. The molecule has 0 saturated heterocycles. The van der Waals surface area contributed by atoms with E-state index in [2.05, 4.69) is 29.0 Å². The van der Waals surface area contributed by atoms with Gasteiger partial charge in [0, 0.05) is 25.6 Å². The third kappa shape index (κ3) is 1.66. The Morgan fingerprint density at radius 3 is 3.06 bits per heavy atom. The van der Waals surface area contributed by atoms with Crippen molar-refractivity contribution in [1.29, 1.82) is 0 Å². The first kappa shape index (κ1) is 11.2. The molecule has 5 nitrogen and oxygen atoms in total. The molecule has 18 heavy (non-hydrogen) atoms. The van der Waals surface area contributed by atoms with Gasteiger partial charge >= 0.3 is 0 Å². The van der Waals surface area contributed by atoms with Crippen molar-refractivity contribution in [2.45, 2.75) is 26.7 Å². The van der Waals surface area contributed by atoms with Gasteiger partial charge in [-0.1, -0.05) is 13.8 Å². The first-order chi connectivity index (χ1) is 8.66. The average molecular weight is 244 g/mol. The summed E-state index contributed by atoms with van der Waals surface area (Å²) in [5.74, 6) is 1.31. The van der Waals surface area contributed by atoms with Crippen molar-refractivity contribution < 1.29 is 4.79 Å². The number of aromatic nitrogens is 3. The molecule has 0 atom stereocenters. The summed E-state index contributed by atoms with van der Waals surface area (Å²) in [6.07, 6.45) is 2.92. The summed E-state index contributed by atoms with van der Waals surface area (Å²) in [6, 6.07) is 1.90. The highest BCUT2D eigenvalue weighted by molar-refractivity contribution is 6.03. The Morgan fingerprint density at radius 2 is 2.28 bits per heavy atom. The minimum Gasteiger partial charge on any atom is -0.296 e. The standard InChI is InChI=1S/C13H16N4O/c1-8(2)7-17-11(18)4-3-9-12-10(16-15-9)5-6-14-13(12)17/h5-6,8H,3-4,7H2,1-2H3,(H,15,16). The summed E-state index contributed by atoms with van der Waals surface area (Å²) < 4.78 is 0. The molecule has 3 heterocycles. The largest absolute Gasteiger partial charge is 0.296 e. The smallest absolute Gasteiger partial charge is 0.228 e. The highest BCUT2D eigenvalue weighted by Gasteiger charge is 2.26. The lowest BCUT2D eigenvalue weighted by Gasteiger charge is -2.22. The minimum atomic E-state index is 0.140. The number of carbonyl (C=O) groups excluding carboxylic acids is 1. The number of aryl methyl sites for hydroxylation is 1. The topological polar surface area (TPSA) is 61.9 Å². The van der Waals surface area contributed by atoms with Gasteiger partial charge < -0.3 is 0 Å². The number of nitrogens with zero attached hydrogens (tertiary/aromatic N) is 3. The molecule has 0 unspecified atom stereocenters. The van der Waals surface area contributed by atoms with Crippen molar-refractivity contribution in [2.24, 2.45) is 5.92 Å². The maximum absolute atomic E-state index is 12.2. The molecule has 5 heteroatoms. The van der Waals surface area contributed by atoms with Crippen LogP contribution in [0.1, 0.15) is 26.0 Å². The third-order valence-electron chi connectivity index (χ3n) is 3.21. The summed E-state index contributed by atoms with van der Waals surface area (Å²) in [7, 11) is 0. The van der Waals surface area contributed by atoms with Crippen LogP contribution in [0.25, 0.3) is 10.9 Å². The molecule has 2 aromatic rings. The number of nitrogens with one attached hydrogen (secondary N) is 1. The van der Waals surface area contributed by atoms with E-state index in [0.717, 1.165) is 22.4 Å². The van der Waals surface area contributed by atoms with Crippen LogP contribution in [0.5, 0.6) is 0 Å². The second kappa shape index (κ2) is 4.08. The number of H-pyrrole nitrogens is 1. The van der Waals surface area contributed by atoms with Crippen molar-refractivity contribution in [3.05, 3.63) is 18.0 Å². The fraction of sp³-hybridized carbons (Fsp3) is 0.462. The van der Waals surface area contributed by atoms with E-state index in [1.807, 2.05) is 6.07 Å². The Bertz CT molecular complexity index is 602. The Balaban J connectivity index is 2.19. The van der Waals surface area contributed by atoms with Crippen molar-refractivity contribution in [2.75, 3.05) is 11.4 Å². The lowest BCUT2D eigenvalue weighted by Crippen LogP contribution is -2.34. The summed E-state index contributed by atoms with van der Waals surface area (Å²) in [4.78, 5) is 18.4. The zero-order valence-electron chi connectivity index (χ0n) is 10.6. The van der Waals surface area contributed by atoms with Crippen LogP contribution >= 0.6 is 0 Å². The minimum absolute atomic E-state index is 0.140. The van der Waals surface area contributed by atoms with E-state index in [0.29, 0.717) is 25.3 Å². The van der Waals surface area contributed by atoms with Crippen LogP contribution < -0.4 is 4.90 Å². The zero-order valence-corrected chi connectivity index (χ0v) is 10.6. The Labute approximate surface area is 105 Å². The molecule has 94 valence electrons. The van der Waals surface area contributed by atoms with Gasteiger partial charge in [0.15, 0.2) is 0 Å². The molecule has 3 rings (SSSR count). The number of pyridine rings is 1. The molecular weight excluding hydrogens is 228 g/mol. The van der Waals surface area contributed by atoms with Gasteiger partial charge in [-0.2, -0.15) is 5.10 Å². The Hall–Kier alpha value is -1.91. The van der Waals surface area contributed by atoms with E-state index < -0.39 is 0 Å². The van der Waals surface area contributed by atoms with E-state index in [4.69, 9.17) is 0 Å². The van der Waals surface area contributed by atoms with E-state index >= 15 is 0 Å². The van der Waals surface area contributed by atoms with Crippen LogP contribution in [0.15, 0.2) is 12.3 Å². The van der Waals surface area contributed by atoms with Crippen LogP contribution in [-0.2, 0) is 11.2 Å². The lowest BCUT2D eigenvalue weighted by atomic mass is 10.2. The first-order valence-corrected chi connectivity index (χ1v) is 6.29. The van der Waals surface area contributed by atoms with E-state index in [9.17, 15) is 4.79 Å². The number of carbonyl (C=O) groups is 1. The molecule has 2 aromatic heterocycles. The second-order valence-corrected chi connectivity index (χ2v) is 5.13. The molecule has 1 aliphatic heterocycles. The van der Waals surface area contributed by atoms with Gasteiger partial charge in [-0.15, -0.1) is 0 Å². The van der Waals surface area contributed by atoms with E-state index in [1.54, 1.807) is 11.1 Å². The van der Waals surface area contributed by atoms with Gasteiger partial charge in [-0.25, -0.2) is 4.98 Å². The maximum atomic E-state index is 12.2. The fourth-order valence-electron chi connectivity index (χ4n) is 2.43. The number of aromatic amines is 1. The summed E-state index contributed by atoms with van der Waals surface area (Å²) in [5.41, 5.74) is 1.91. The van der Waals surface area contributed by atoms with Gasteiger partial charge in [-0.3, -0.25) is 14.8 Å². The quantitative estimate of drug-likeness (QED) is 0.877. The summed E-state index contributed by atoms with van der Waals surface area (Å²) >= 11 is 0. The average Bonchev–Trinajstić information content (AvgIpc) is 2.70. The van der Waals surface area contributed by atoms with Crippen LogP contribution in [-0.4, -0.2) is 27.6 Å². The number of hydrogen-bond donors (Lipinski definition) is 1. The summed E-state index contributed by atoms with van der Waals surface area (Å²) in [5, 5.41) is 8.30. The Kier molecular flexibility index (Phi) is 2.54. The number of hydrogen-bond acceptors (Lipinski definition) is 3. The summed E-state index contributed by atoms with van der Waals surface area (Å²) in [6.45, 7) is 4.92. The SMILES string of the molecule is CC(C)CN1C(=O)CCc2n[nH]c3ccnc1c23. The van der Waals surface area contributed by atoms with E-state index in [1.165, 1.54) is 0 Å². The molecule has 0 radical (unpaired) electrons. The van der Waals surface area contributed by atoms with Gasteiger partial charge in [-0.05, 0) is 12.0 Å². The molecule has 0 aromatic carbocycles. The fourth-order valence-corrected chi connectivity index (χ4v) is 2.43. The maximum Gasteiger partial charge on any atom is 0.228 e. The second-order valence-electron chi connectivity index (χ2n) is 5.13. The van der Waals surface area contributed by atoms with Crippen LogP contribution in [0.4, 0.5) is 5.82 Å². The highest BCUT2D eigenvalue weighted by Crippen LogP contribution is 2.30. The molecule has 0 spiro atoms. The van der Waals surface area contributed by atoms with Crippen molar-refractivity contribution in [3.8, 4) is 0 Å². The highest BCUT2D eigenvalue weighted by atomic mass is 16.2. The molecule has 0 saturated carbocycles. The van der Waals surface area contributed by atoms with Gasteiger partial charge in [0.1, 0.15) is 5.82 Å².